The molecule has 7 aromatic rings. The third-order valence-corrected chi connectivity index (χ3v) is 11.5. The molecule has 0 radical (unpaired) electrons. The van der Waals surface area contributed by atoms with Crippen LogP contribution in [0.2, 0.25) is 0 Å². The number of hydrogen-bond acceptors (Lipinski definition) is 4. The lowest BCUT2D eigenvalue weighted by Crippen LogP contribution is -2.54. The predicted octanol–water partition coefficient (Wildman–Crippen LogP) is 9.77. The number of rotatable bonds is 2. The van der Waals surface area contributed by atoms with Crippen molar-refractivity contribution in [1.29, 1.82) is 0 Å². The molecule has 0 N–H and O–H groups in total. The molecule has 2 spiro atoms. The first-order chi connectivity index (χ1) is 23.6. The number of carbonyl (C=O) groups is 2. The molecule has 232 valence electrons. The Morgan fingerprint density at radius 1 is 0.458 bits per heavy atom. The van der Waals surface area contributed by atoms with Crippen molar-refractivity contribution in [1.82, 2.24) is 0 Å². The van der Waals surface area contributed by atoms with E-state index in [4.69, 9.17) is 9.47 Å². The second-order valence-corrected chi connectivity index (χ2v) is 13.7. The Kier molecular flexibility index (Phi) is 5.91. The summed E-state index contributed by atoms with van der Waals surface area (Å²) in [6.07, 6.45) is 0.811. The molecular weight excluding hydrogens is 592 g/mol. The summed E-state index contributed by atoms with van der Waals surface area (Å²) in [6, 6.07) is 45.4. The van der Waals surface area contributed by atoms with Crippen LogP contribution in [0, 0.1) is 5.41 Å². The van der Waals surface area contributed by atoms with Gasteiger partial charge < -0.3 is 9.47 Å². The van der Waals surface area contributed by atoms with Gasteiger partial charge in [-0.05, 0) is 54.2 Å². The van der Waals surface area contributed by atoms with Crippen LogP contribution in [-0.4, -0.2) is 30.6 Å². The maximum Gasteiger partial charge on any atom is 0.178 e. The Balaban J connectivity index is 1.34. The van der Waals surface area contributed by atoms with E-state index in [-0.39, 0.29) is 11.6 Å². The van der Waals surface area contributed by atoms with E-state index < -0.39 is 23.0 Å². The Hall–Kier alpha value is -5.16. The zero-order valence-electron chi connectivity index (χ0n) is 26.3. The molecule has 48 heavy (non-hydrogen) atoms. The van der Waals surface area contributed by atoms with E-state index >= 15 is 9.59 Å². The van der Waals surface area contributed by atoms with E-state index in [0.717, 1.165) is 54.2 Å². The van der Waals surface area contributed by atoms with Crippen LogP contribution in [0.3, 0.4) is 0 Å². The molecule has 0 bridgehead atoms. The van der Waals surface area contributed by atoms with E-state index in [1.165, 1.54) is 0 Å². The summed E-state index contributed by atoms with van der Waals surface area (Å²) >= 11 is 0. The number of benzene rings is 7. The first kappa shape index (κ1) is 27.9. The summed E-state index contributed by atoms with van der Waals surface area (Å²) in [7, 11) is 0. The first-order valence-corrected chi connectivity index (χ1v) is 16.9. The van der Waals surface area contributed by atoms with Gasteiger partial charge in [0.2, 0.25) is 0 Å². The predicted molar refractivity (Wildman–Crippen MR) is 190 cm³/mol. The van der Waals surface area contributed by atoms with Gasteiger partial charge in [0.25, 0.3) is 0 Å². The second kappa shape index (κ2) is 10.2. The fourth-order valence-electron chi connectivity index (χ4n) is 9.52. The number of ether oxygens (including phenoxy) is 2. The van der Waals surface area contributed by atoms with Gasteiger partial charge in [-0.2, -0.15) is 0 Å². The minimum Gasteiger partial charge on any atom is -0.347 e. The van der Waals surface area contributed by atoms with Crippen molar-refractivity contribution in [3.05, 3.63) is 156 Å². The van der Waals surface area contributed by atoms with Crippen molar-refractivity contribution in [3.63, 3.8) is 0 Å². The topological polar surface area (TPSA) is 52.6 Å². The monoisotopic (exact) mass is 624 g/mol. The highest BCUT2D eigenvalue weighted by Gasteiger charge is 2.68. The van der Waals surface area contributed by atoms with Crippen LogP contribution in [0.5, 0.6) is 0 Å². The largest absolute Gasteiger partial charge is 0.347 e. The standard InChI is InChI=1S/C44H32O4/c45-41-35-19-9-10-20-36(35)42(46)44(41)39(37-23-27-11-1-3-13-29(27)31-15-5-7-17-33(31)37)25-43(47-21-22-48-43)26-40(44)38-24-28-12-2-4-14-30(28)32-16-6-8-18-34(32)38/h1-20,23-24,39-40H,21-22,25-26H2/t39-,40-/m1/s1. The molecule has 1 saturated heterocycles. The van der Waals surface area contributed by atoms with E-state index in [1.54, 1.807) is 0 Å². The Labute approximate surface area is 277 Å². The minimum absolute atomic E-state index is 0.0968. The molecule has 3 aliphatic rings. The van der Waals surface area contributed by atoms with Gasteiger partial charge in [0.1, 0.15) is 5.41 Å². The van der Waals surface area contributed by atoms with Crippen LogP contribution in [0.15, 0.2) is 133 Å². The number of Topliss-reactive ketones (excluding diaryl/α,β-unsaturated/α-hetero) is 2. The number of hydrogen-bond donors (Lipinski definition) is 0. The second-order valence-electron chi connectivity index (χ2n) is 13.7. The van der Waals surface area contributed by atoms with Gasteiger partial charge in [-0.25, -0.2) is 0 Å². The molecule has 1 heterocycles. The van der Waals surface area contributed by atoms with Crippen molar-refractivity contribution in [2.24, 2.45) is 5.41 Å². The van der Waals surface area contributed by atoms with Gasteiger partial charge in [0.05, 0.1) is 13.2 Å². The van der Waals surface area contributed by atoms with Crippen molar-refractivity contribution in [2.75, 3.05) is 13.2 Å². The SMILES string of the molecule is O=C1c2ccccc2C(=O)C12[C@@H](c1cc3ccccc3c3ccccc13)CC1(C[C@@H]2c2cc3ccccc3c3ccccc23)OCCO1. The van der Waals surface area contributed by atoms with Crippen LogP contribution >= 0.6 is 0 Å². The zero-order chi connectivity index (χ0) is 32.0. The quantitative estimate of drug-likeness (QED) is 0.142. The number of ketones is 2. The summed E-state index contributed by atoms with van der Waals surface area (Å²) in [5.74, 6) is -2.15. The molecular formula is C44H32O4. The van der Waals surface area contributed by atoms with Gasteiger partial charge in [-0.3, -0.25) is 9.59 Å². The van der Waals surface area contributed by atoms with Crippen molar-refractivity contribution >= 4 is 54.7 Å². The molecule has 0 aromatic heterocycles. The van der Waals surface area contributed by atoms with Crippen molar-refractivity contribution in [3.8, 4) is 0 Å². The van der Waals surface area contributed by atoms with Gasteiger partial charge in [-0.15, -0.1) is 0 Å². The summed E-state index contributed by atoms with van der Waals surface area (Å²) < 4.78 is 13.2. The van der Waals surface area contributed by atoms with Gasteiger partial charge in [-0.1, -0.05) is 133 Å². The van der Waals surface area contributed by atoms with E-state index in [2.05, 4.69) is 97.1 Å². The molecule has 7 aromatic carbocycles. The van der Waals surface area contributed by atoms with E-state index in [9.17, 15) is 0 Å². The van der Waals surface area contributed by atoms with E-state index in [0.29, 0.717) is 37.2 Å². The van der Waals surface area contributed by atoms with E-state index in [1.807, 2.05) is 36.4 Å². The van der Waals surface area contributed by atoms with Crippen LogP contribution in [0.25, 0.3) is 43.1 Å². The minimum atomic E-state index is -1.40. The smallest absolute Gasteiger partial charge is 0.178 e. The fraction of sp³-hybridized carbons (Fsp3) is 0.182. The summed E-state index contributed by atoms with van der Waals surface area (Å²) in [4.78, 5) is 30.9. The average Bonchev–Trinajstić information content (AvgIpc) is 3.68. The first-order valence-electron chi connectivity index (χ1n) is 16.9. The third kappa shape index (κ3) is 3.67. The lowest BCUT2D eigenvalue weighted by molar-refractivity contribution is -0.194. The number of fused-ring (bicyclic) bond motifs is 7. The van der Waals surface area contributed by atoms with Crippen LogP contribution in [0.4, 0.5) is 0 Å². The van der Waals surface area contributed by atoms with Crippen LogP contribution in [0.1, 0.15) is 56.5 Å². The highest BCUT2D eigenvalue weighted by Crippen LogP contribution is 2.65. The van der Waals surface area contributed by atoms with Gasteiger partial charge in [0.15, 0.2) is 17.4 Å². The maximum absolute atomic E-state index is 15.5. The molecule has 2 aliphatic carbocycles. The fourth-order valence-corrected chi connectivity index (χ4v) is 9.52. The maximum atomic E-state index is 15.5. The normalized spacial score (nSPS) is 21.2. The third-order valence-electron chi connectivity index (χ3n) is 11.5. The van der Waals surface area contributed by atoms with Crippen molar-refractivity contribution < 1.29 is 19.1 Å². The molecule has 4 nitrogen and oxygen atoms in total. The van der Waals surface area contributed by atoms with Gasteiger partial charge in [0, 0.05) is 35.8 Å². The Morgan fingerprint density at radius 2 is 0.833 bits per heavy atom. The van der Waals surface area contributed by atoms with Crippen LogP contribution in [-0.2, 0) is 9.47 Å². The molecule has 2 atom stereocenters. The zero-order valence-corrected chi connectivity index (χ0v) is 26.3. The molecule has 1 saturated carbocycles. The molecule has 1 aliphatic heterocycles. The highest BCUT2D eigenvalue weighted by molar-refractivity contribution is 6.31. The lowest BCUT2D eigenvalue weighted by atomic mass is 9.52. The molecule has 0 amide bonds. The van der Waals surface area contributed by atoms with Crippen LogP contribution < -0.4 is 0 Å². The Bertz CT molecular complexity index is 2320. The summed E-state index contributed by atoms with van der Waals surface area (Å²) in [5, 5.41) is 8.77. The molecule has 0 unspecified atom stereocenters. The number of carbonyl (C=O) groups excluding carboxylic acids is 2. The van der Waals surface area contributed by atoms with Gasteiger partial charge >= 0.3 is 0 Å². The lowest BCUT2D eigenvalue weighted by Gasteiger charge is -2.51. The molecule has 2 fully saturated rings. The molecule has 4 heteroatoms. The average molecular weight is 625 g/mol. The summed E-state index contributed by atoms with van der Waals surface area (Å²) in [6.45, 7) is 0.955. The highest BCUT2D eigenvalue weighted by atomic mass is 16.7. The van der Waals surface area contributed by atoms with Crippen molar-refractivity contribution in [2.45, 2.75) is 30.5 Å². The Morgan fingerprint density at radius 3 is 1.29 bits per heavy atom. The summed E-state index contributed by atoms with van der Waals surface area (Å²) in [5.41, 5.74) is 1.61. The molecule has 10 rings (SSSR count).